The summed E-state index contributed by atoms with van der Waals surface area (Å²) < 4.78 is 0. The highest BCUT2D eigenvalue weighted by Crippen LogP contribution is 1.90. The summed E-state index contributed by atoms with van der Waals surface area (Å²) in [6.07, 6.45) is 3.99. The molecule has 0 unspecified atom stereocenters. The van der Waals surface area contributed by atoms with Crippen LogP contribution in [0.2, 0.25) is 0 Å². The summed E-state index contributed by atoms with van der Waals surface area (Å²) in [4.78, 5) is 1.83. The fourth-order valence-electron chi connectivity index (χ4n) is 0.229. The van der Waals surface area contributed by atoms with E-state index in [0.29, 0.717) is 0 Å². The quantitative estimate of drug-likeness (QED) is 0.518. The lowest BCUT2D eigenvalue weighted by Gasteiger charge is -1.77. The third-order valence-electron chi connectivity index (χ3n) is 0.502. The van der Waals surface area contributed by atoms with Gasteiger partial charge in [-0.05, 0) is 18.8 Å². The van der Waals surface area contributed by atoms with Gasteiger partial charge in [0.2, 0.25) is 0 Å². The molecule has 0 aliphatic rings. The van der Waals surface area contributed by atoms with Crippen LogP contribution in [0.1, 0.15) is 13.8 Å². The van der Waals surface area contributed by atoms with Gasteiger partial charge in [0.05, 0.1) is 0 Å². The standard InChI is InChI=1S/C6H9Br/c1-6(2)4-3-5-7/h3-5H,1-2H3/b5-3-. The largest absolute Gasteiger partial charge is 0.0764 e. The van der Waals surface area contributed by atoms with Crippen molar-refractivity contribution in [2.45, 2.75) is 13.8 Å². The summed E-state index contributed by atoms with van der Waals surface area (Å²) in [6.45, 7) is 4.12. The van der Waals surface area contributed by atoms with E-state index in [-0.39, 0.29) is 0 Å². The molecule has 0 aliphatic heterocycles. The van der Waals surface area contributed by atoms with E-state index in [2.05, 4.69) is 29.8 Å². The van der Waals surface area contributed by atoms with E-state index < -0.39 is 0 Å². The fraction of sp³-hybridized carbons (Fsp3) is 0.333. The molecule has 0 nitrogen and oxygen atoms in total. The average Bonchev–Trinajstić information content (AvgIpc) is 1.61. The highest BCUT2D eigenvalue weighted by atomic mass is 79.9. The van der Waals surface area contributed by atoms with E-state index in [9.17, 15) is 0 Å². The minimum absolute atomic E-state index is 1.32. The first-order valence-electron chi connectivity index (χ1n) is 2.17. The summed E-state index contributed by atoms with van der Waals surface area (Å²) in [5, 5.41) is 0. The van der Waals surface area contributed by atoms with Gasteiger partial charge in [0, 0.05) is 0 Å². The van der Waals surface area contributed by atoms with Gasteiger partial charge in [-0.3, -0.25) is 0 Å². The first kappa shape index (κ1) is 6.96. The molecule has 0 aromatic rings. The van der Waals surface area contributed by atoms with E-state index in [1.54, 1.807) is 0 Å². The van der Waals surface area contributed by atoms with Crippen LogP contribution < -0.4 is 0 Å². The van der Waals surface area contributed by atoms with Crippen LogP contribution in [0.15, 0.2) is 22.7 Å². The monoisotopic (exact) mass is 160 g/mol. The van der Waals surface area contributed by atoms with Crippen molar-refractivity contribution in [1.29, 1.82) is 0 Å². The van der Waals surface area contributed by atoms with Gasteiger partial charge < -0.3 is 0 Å². The van der Waals surface area contributed by atoms with Crippen LogP contribution >= 0.6 is 15.9 Å². The molecule has 0 atom stereocenters. The van der Waals surface area contributed by atoms with E-state index >= 15 is 0 Å². The molecule has 0 N–H and O–H groups in total. The fourth-order valence-corrected chi connectivity index (χ4v) is 0.381. The number of allylic oxidation sites excluding steroid dienone is 3. The molecular formula is C6H9Br. The maximum atomic E-state index is 3.15. The molecule has 0 heterocycles. The number of hydrogen-bond acceptors (Lipinski definition) is 0. The summed E-state index contributed by atoms with van der Waals surface area (Å²) in [5.74, 6) is 0. The molecule has 0 spiro atoms. The Morgan fingerprint density at radius 2 is 2.00 bits per heavy atom. The summed E-state index contributed by atoms with van der Waals surface area (Å²) >= 11 is 3.15. The smallest absolute Gasteiger partial charge is 0.0189 e. The Hall–Kier alpha value is -0.0400. The Balaban J connectivity index is 3.46. The summed E-state index contributed by atoms with van der Waals surface area (Å²) in [5.41, 5.74) is 1.32. The van der Waals surface area contributed by atoms with Crippen LogP contribution in [-0.2, 0) is 0 Å². The summed E-state index contributed by atoms with van der Waals surface area (Å²) in [6, 6.07) is 0. The molecule has 0 aliphatic carbocycles. The highest BCUT2D eigenvalue weighted by Gasteiger charge is 1.65. The lowest BCUT2D eigenvalue weighted by Crippen LogP contribution is -1.55. The first-order valence-corrected chi connectivity index (χ1v) is 3.09. The van der Waals surface area contributed by atoms with Crippen LogP contribution in [0.25, 0.3) is 0 Å². The second-order valence-corrected chi connectivity index (χ2v) is 2.09. The van der Waals surface area contributed by atoms with Crippen LogP contribution in [-0.4, -0.2) is 0 Å². The molecule has 40 valence electrons. The van der Waals surface area contributed by atoms with Crippen LogP contribution in [0.4, 0.5) is 0 Å². The lowest BCUT2D eigenvalue weighted by atomic mass is 10.3. The van der Waals surface area contributed by atoms with Crippen LogP contribution in [0.5, 0.6) is 0 Å². The van der Waals surface area contributed by atoms with Gasteiger partial charge in [-0.2, -0.15) is 0 Å². The first-order chi connectivity index (χ1) is 3.27. The topological polar surface area (TPSA) is 0 Å². The predicted octanol–water partition coefficient (Wildman–Crippen LogP) is 2.86. The molecule has 0 radical (unpaired) electrons. The Kier molecular flexibility index (Phi) is 4.10. The van der Waals surface area contributed by atoms with Crippen molar-refractivity contribution in [2.75, 3.05) is 0 Å². The second-order valence-electron chi connectivity index (χ2n) is 1.56. The molecule has 0 fully saturated rings. The van der Waals surface area contributed by atoms with Gasteiger partial charge in [0.1, 0.15) is 0 Å². The van der Waals surface area contributed by atoms with Crippen molar-refractivity contribution in [2.24, 2.45) is 0 Å². The minimum Gasteiger partial charge on any atom is -0.0764 e. The van der Waals surface area contributed by atoms with Gasteiger partial charge in [-0.25, -0.2) is 0 Å². The van der Waals surface area contributed by atoms with Gasteiger partial charge in [0.25, 0.3) is 0 Å². The minimum atomic E-state index is 1.32. The van der Waals surface area contributed by atoms with Gasteiger partial charge in [-0.15, -0.1) is 0 Å². The molecule has 0 rings (SSSR count). The second kappa shape index (κ2) is 4.13. The highest BCUT2D eigenvalue weighted by molar-refractivity contribution is 9.11. The maximum Gasteiger partial charge on any atom is -0.0189 e. The lowest BCUT2D eigenvalue weighted by molar-refractivity contribution is 1.39. The predicted molar refractivity (Wildman–Crippen MR) is 37.5 cm³/mol. The number of hydrogen-bond donors (Lipinski definition) is 0. The van der Waals surface area contributed by atoms with Crippen molar-refractivity contribution >= 4 is 15.9 Å². The SMILES string of the molecule is CC(C)=C/C=C\Br. The molecular weight excluding hydrogens is 152 g/mol. The normalized spacial score (nSPS) is 9.57. The van der Waals surface area contributed by atoms with Gasteiger partial charge in [-0.1, -0.05) is 33.7 Å². The van der Waals surface area contributed by atoms with E-state index in [0.717, 1.165) is 0 Å². The molecule has 1 heteroatoms. The Morgan fingerprint density at radius 1 is 1.43 bits per heavy atom. The average molecular weight is 161 g/mol. The van der Waals surface area contributed by atoms with Crippen molar-refractivity contribution < 1.29 is 0 Å². The zero-order valence-corrected chi connectivity index (χ0v) is 6.20. The van der Waals surface area contributed by atoms with Crippen molar-refractivity contribution in [1.82, 2.24) is 0 Å². The molecule has 0 amide bonds. The van der Waals surface area contributed by atoms with Gasteiger partial charge >= 0.3 is 0 Å². The van der Waals surface area contributed by atoms with E-state index in [1.165, 1.54) is 5.57 Å². The van der Waals surface area contributed by atoms with Crippen molar-refractivity contribution in [3.8, 4) is 0 Å². The Labute approximate surface area is 53.1 Å². The van der Waals surface area contributed by atoms with Crippen LogP contribution in [0.3, 0.4) is 0 Å². The third-order valence-corrected chi connectivity index (χ3v) is 0.808. The van der Waals surface area contributed by atoms with Crippen LogP contribution in [0, 0.1) is 0 Å². The molecule has 0 bridgehead atoms. The third kappa shape index (κ3) is 5.96. The zero-order chi connectivity index (χ0) is 5.70. The molecule has 7 heavy (non-hydrogen) atoms. The van der Waals surface area contributed by atoms with Gasteiger partial charge in [0.15, 0.2) is 0 Å². The maximum absolute atomic E-state index is 3.15. The Bertz CT molecular complexity index is 86.4. The Morgan fingerprint density at radius 3 is 2.14 bits per heavy atom. The zero-order valence-electron chi connectivity index (χ0n) is 4.61. The number of rotatable bonds is 1. The molecule has 0 aromatic carbocycles. The molecule has 0 saturated carbocycles. The van der Waals surface area contributed by atoms with E-state index in [1.807, 2.05) is 17.1 Å². The van der Waals surface area contributed by atoms with E-state index in [4.69, 9.17) is 0 Å². The molecule has 0 aromatic heterocycles. The molecule has 0 saturated heterocycles. The number of halogens is 1. The van der Waals surface area contributed by atoms with Crippen molar-refractivity contribution in [3.05, 3.63) is 22.7 Å². The van der Waals surface area contributed by atoms with Crippen molar-refractivity contribution in [3.63, 3.8) is 0 Å². The summed E-state index contributed by atoms with van der Waals surface area (Å²) in [7, 11) is 0.